The van der Waals surface area contributed by atoms with E-state index in [1.54, 1.807) is 6.08 Å². The highest BCUT2D eigenvalue weighted by molar-refractivity contribution is 5.76. The maximum absolute atomic E-state index is 12.4. The highest BCUT2D eigenvalue weighted by Gasteiger charge is 2.18. The maximum atomic E-state index is 12.4. The van der Waals surface area contributed by atoms with Crippen LogP contribution < -0.4 is 5.32 Å². The SMILES string of the molecule is CCCCCCCCC/C=C\CCCCCCCC(=O)OCCCCCCCCCCCCCC/C=C\CCCCCCCCCCCCC(=O)NC(CO)C(O)/C=C/CCCCCCCCCCCCC. The van der Waals surface area contributed by atoms with Crippen LogP contribution in [-0.2, 0) is 14.3 Å². The van der Waals surface area contributed by atoms with Gasteiger partial charge in [0.05, 0.1) is 25.4 Å². The van der Waals surface area contributed by atoms with E-state index in [1.165, 1.54) is 276 Å². The molecule has 0 aromatic heterocycles. The number of aliphatic hydroxyl groups is 2. The number of rotatable bonds is 60. The van der Waals surface area contributed by atoms with Gasteiger partial charge >= 0.3 is 5.97 Å². The van der Waals surface area contributed by atoms with E-state index < -0.39 is 12.1 Å². The molecule has 0 saturated carbocycles. The molecule has 0 saturated heterocycles. The van der Waals surface area contributed by atoms with Gasteiger partial charge in [-0.15, -0.1) is 0 Å². The van der Waals surface area contributed by atoms with Crippen molar-refractivity contribution in [2.75, 3.05) is 13.2 Å². The molecule has 6 heteroatoms. The van der Waals surface area contributed by atoms with Gasteiger partial charge < -0.3 is 20.3 Å². The summed E-state index contributed by atoms with van der Waals surface area (Å²) < 4.78 is 5.49. The highest BCUT2D eigenvalue weighted by Crippen LogP contribution is 2.17. The zero-order chi connectivity index (χ0) is 52.2. The first-order valence-corrected chi connectivity index (χ1v) is 32.3. The average Bonchev–Trinajstić information content (AvgIpc) is 3.38. The van der Waals surface area contributed by atoms with Gasteiger partial charge in [-0.05, 0) is 83.5 Å². The average molecular weight is 1010 g/mol. The van der Waals surface area contributed by atoms with Crippen molar-refractivity contribution in [3.8, 4) is 0 Å². The standard InChI is InChI=1S/C66H125NO5/c1-3-5-7-9-11-13-15-17-18-32-36-40-44-48-52-56-60-66(71)72-61-57-53-49-45-41-37-33-30-28-26-24-22-20-19-21-23-25-27-29-31-35-39-43-47-51-55-59-65(70)67-63(62-68)64(69)58-54-50-46-42-38-34-16-14-12-10-8-6-4-2/h18-19,21,32,54,58,63-64,68-69H,3-17,20,22-31,33-53,55-57,59-62H2,1-2H3,(H,67,70)/b21-19-,32-18-,58-54+. The highest BCUT2D eigenvalue weighted by atomic mass is 16.5. The Morgan fingerprint density at radius 2 is 0.653 bits per heavy atom. The molecule has 0 aliphatic carbocycles. The van der Waals surface area contributed by atoms with E-state index in [2.05, 4.69) is 43.5 Å². The predicted octanol–water partition coefficient (Wildman–Crippen LogP) is 20.4. The minimum atomic E-state index is -0.845. The largest absolute Gasteiger partial charge is 0.466 e. The normalized spacial score (nSPS) is 12.8. The van der Waals surface area contributed by atoms with Crippen molar-refractivity contribution in [1.29, 1.82) is 0 Å². The van der Waals surface area contributed by atoms with Gasteiger partial charge in [-0.2, -0.15) is 0 Å². The summed E-state index contributed by atoms with van der Waals surface area (Å²) >= 11 is 0. The molecule has 0 fully saturated rings. The minimum Gasteiger partial charge on any atom is -0.466 e. The summed E-state index contributed by atoms with van der Waals surface area (Å²) in [6.07, 6.45) is 77.7. The molecule has 72 heavy (non-hydrogen) atoms. The summed E-state index contributed by atoms with van der Waals surface area (Å²) in [7, 11) is 0. The van der Waals surface area contributed by atoms with Crippen molar-refractivity contribution in [3.05, 3.63) is 36.5 Å². The van der Waals surface area contributed by atoms with Crippen LogP contribution >= 0.6 is 0 Å². The molecule has 0 radical (unpaired) electrons. The third-order valence-corrected chi connectivity index (χ3v) is 14.9. The van der Waals surface area contributed by atoms with E-state index in [9.17, 15) is 19.8 Å². The Morgan fingerprint density at radius 1 is 0.375 bits per heavy atom. The van der Waals surface area contributed by atoms with Crippen LogP contribution in [-0.4, -0.2) is 47.4 Å². The van der Waals surface area contributed by atoms with Crippen molar-refractivity contribution in [3.63, 3.8) is 0 Å². The van der Waals surface area contributed by atoms with Crippen LogP contribution in [0.1, 0.15) is 348 Å². The molecule has 0 rings (SSSR count). The van der Waals surface area contributed by atoms with Gasteiger partial charge in [0.15, 0.2) is 0 Å². The number of allylic oxidation sites excluding steroid dienone is 5. The topological polar surface area (TPSA) is 95.9 Å². The number of unbranched alkanes of at least 4 members (excludes halogenated alkanes) is 45. The lowest BCUT2D eigenvalue weighted by Gasteiger charge is -2.20. The van der Waals surface area contributed by atoms with Gasteiger partial charge in [-0.3, -0.25) is 9.59 Å². The van der Waals surface area contributed by atoms with Crippen molar-refractivity contribution >= 4 is 11.9 Å². The van der Waals surface area contributed by atoms with E-state index in [-0.39, 0.29) is 18.5 Å². The number of ether oxygens (including phenoxy) is 1. The number of nitrogens with one attached hydrogen (secondary N) is 1. The lowest BCUT2D eigenvalue weighted by Crippen LogP contribution is -2.45. The van der Waals surface area contributed by atoms with Crippen molar-refractivity contribution in [1.82, 2.24) is 5.32 Å². The van der Waals surface area contributed by atoms with Gasteiger partial charge in [-0.1, -0.05) is 288 Å². The van der Waals surface area contributed by atoms with Crippen molar-refractivity contribution in [2.24, 2.45) is 0 Å². The molecule has 2 unspecified atom stereocenters. The summed E-state index contributed by atoms with van der Waals surface area (Å²) in [5.74, 6) is -0.0628. The Kier molecular flexibility index (Phi) is 60.0. The van der Waals surface area contributed by atoms with Crippen molar-refractivity contribution < 1.29 is 24.5 Å². The van der Waals surface area contributed by atoms with Gasteiger partial charge in [0, 0.05) is 12.8 Å². The Morgan fingerprint density at radius 3 is 0.986 bits per heavy atom. The van der Waals surface area contributed by atoms with Gasteiger partial charge in [0.25, 0.3) is 0 Å². The summed E-state index contributed by atoms with van der Waals surface area (Å²) in [6.45, 7) is 4.91. The first-order valence-electron chi connectivity index (χ1n) is 32.3. The Labute approximate surface area is 449 Å². The number of esters is 1. The van der Waals surface area contributed by atoms with Crippen LogP contribution in [0.2, 0.25) is 0 Å². The maximum Gasteiger partial charge on any atom is 0.305 e. The molecule has 0 aromatic rings. The fourth-order valence-electron chi connectivity index (χ4n) is 9.92. The Bertz CT molecular complexity index is 1170. The monoisotopic (exact) mass is 1010 g/mol. The number of amides is 1. The fourth-order valence-corrected chi connectivity index (χ4v) is 9.92. The van der Waals surface area contributed by atoms with Crippen molar-refractivity contribution in [2.45, 2.75) is 360 Å². The van der Waals surface area contributed by atoms with E-state index in [0.29, 0.717) is 19.4 Å². The van der Waals surface area contributed by atoms with Crippen LogP contribution in [0, 0.1) is 0 Å². The minimum absolute atomic E-state index is 0.00657. The molecule has 0 bridgehead atoms. The molecule has 2 atom stereocenters. The third-order valence-electron chi connectivity index (χ3n) is 14.9. The summed E-state index contributed by atoms with van der Waals surface area (Å²) in [5, 5.41) is 23.1. The molecule has 0 aliphatic heterocycles. The molecule has 0 spiro atoms. The first kappa shape index (κ1) is 70.1. The number of aliphatic hydroxyl groups excluding tert-OH is 2. The summed E-state index contributed by atoms with van der Waals surface area (Å²) in [6, 6.07) is -0.629. The van der Waals surface area contributed by atoms with E-state index in [1.807, 2.05) is 6.08 Å². The zero-order valence-corrected chi connectivity index (χ0v) is 48.4. The molecule has 1 amide bonds. The second-order valence-corrected chi connectivity index (χ2v) is 22.1. The molecule has 0 aromatic carbocycles. The smallest absolute Gasteiger partial charge is 0.305 e. The third kappa shape index (κ3) is 57.4. The first-order chi connectivity index (χ1) is 35.5. The van der Waals surface area contributed by atoms with E-state index in [4.69, 9.17) is 4.74 Å². The van der Waals surface area contributed by atoms with Crippen LogP contribution in [0.25, 0.3) is 0 Å². The van der Waals surface area contributed by atoms with E-state index in [0.717, 1.165) is 44.9 Å². The summed E-state index contributed by atoms with van der Waals surface area (Å²) in [4.78, 5) is 24.5. The van der Waals surface area contributed by atoms with Crippen LogP contribution in [0.5, 0.6) is 0 Å². The number of hydrogen-bond donors (Lipinski definition) is 3. The lowest BCUT2D eigenvalue weighted by molar-refractivity contribution is -0.143. The van der Waals surface area contributed by atoms with Gasteiger partial charge in [0.2, 0.25) is 5.91 Å². The van der Waals surface area contributed by atoms with E-state index >= 15 is 0 Å². The van der Waals surface area contributed by atoms with Crippen LogP contribution in [0.15, 0.2) is 36.5 Å². The molecule has 0 aliphatic rings. The number of carbonyl (C=O) groups is 2. The molecular formula is C66H125NO5. The summed E-state index contributed by atoms with van der Waals surface area (Å²) in [5.41, 5.74) is 0. The molecular weight excluding hydrogens is 887 g/mol. The zero-order valence-electron chi connectivity index (χ0n) is 48.4. The fraction of sp³-hybridized carbons (Fsp3) is 0.879. The van der Waals surface area contributed by atoms with Crippen LogP contribution in [0.4, 0.5) is 0 Å². The quantitative estimate of drug-likeness (QED) is 0.0320. The van der Waals surface area contributed by atoms with Gasteiger partial charge in [0.1, 0.15) is 0 Å². The number of hydrogen-bond acceptors (Lipinski definition) is 5. The molecule has 424 valence electrons. The number of carbonyl (C=O) groups excluding carboxylic acids is 2. The molecule has 0 heterocycles. The Balaban J connectivity index is 3.39. The Hall–Kier alpha value is -1.92. The molecule has 3 N–H and O–H groups in total. The molecule has 6 nitrogen and oxygen atoms in total. The second-order valence-electron chi connectivity index (χ2n) is 22.1. The lowest BCUT2D eigenvalue weighted by atomic mass is 10.0. The van der Waals surface area contributed by atoms with Gasteiger partial charge in [-0.25, -0.2) is 0 Å². The second kappa shape index (κ2) is 61.6. The predicted molar refractivity (Wildman–Crippen MR) is 315 cm³/mol. The van der Waals surface area contributed by atoms with Crippen LogP contribution in [0.3, 0.4) is 0 Å².